The molecular weight excluding hydrogens is 995 g/mol. The van der Waals surface area contributed by atoms with Gasteiger partial charge in [-0.2, -0.15) is 0 Å². The Bertz CT molecular complexity index is 1410. The standard InChI is InChI=1S/C29H34I3N3O14/c1-13(36)45-9-18-8-44-12-21(41)35(18)27-25(31)22(28(42)33-6-19(48-16(4)39)10-46-14(2)37)24(30)23(26(27)32)29(43)34-7-20(49-17(5)40)11-47-15(3)38/h18-20H,6-12H2,1-5H3,(H,33,42)(H,34,43). The van der Waals surface area contributed by atoms with Gasteiger partial charge in [-0.25, -0.2) is 0 Å². The first kappa shape index (κ1) is 42.3. The van der Waals surface area contributed by atoms with Crippen molar-refractivity contribution in [1.29, 1.82) is 0 Å². The molecule has 17 nitrogen and oxygen atoms in total. The van der Waals surface area contributed by atoms with E-state index >= 15 is 0 Å². The molecule has 3 amide bonds. The minimum Gasteiger partial charge on any atom is -0.464 e. The van der Waals surface area contributed by atoms with Crippen molar-refractivity contribution in [2.24, 2.45) is 0 Å². The number of anilines is 1. The normalized spacial score (nSPS) is 15.3. The molecule has 49 heavy (non-hydrogen) atoms. The molecule has 0 spiro atoms. The number of esters is 5. The molecular formula is C29H34I3N3O14. The monoisotopic (exact) mass is 1030 g/mol. The van der Waals surface area contributed by atoms with Gasteiger partial charge in [0, 0.05) is 38.2 Å². The third-order valence-corrected chi connectivity index (χ3v) is 9.41. The second kappa shape index (κ2) is 20.1. The fourth-order valence-corrected chi connectivity index (χ4v) is 8.95. The maximum atomic E-state index is 13.8. The number of nitrogens with one attached hydrogen (secondary N) is 2. The van der Waals surface area contributed by atoms with Crippen LogP contribution >= 0.6 is 67.8 Å². The Kier molecular flexibility index (Phi) is 17.3. The van der Waals surface area contributed by atoms with Crippen LogP contribution in [0.5, 0.6) is 0 Å². The number of halogens is 3. The number of nitrogens with zero attached hydrogens (tertiary/aromatic N) is 1. The van der Waals surface area contributed by atoms with Crippen LogP contribution in [0, 0.1) is 10.7 Å². The third kappa shape index (κ3) is 13.1. The fourth-order valence-electron chi connectivity index (χ4n) is 4.28. The zero-order valence-corrected chi connectivity index (χ0v) is 33.5. The van der Waals surface area contributed by atoms with E-state index in [-0.39, 0.29) is 73.6 Å². The SMILES string of the molecule is CC(=O)OCC(CNC(=O)c1c(I)c(C(=O)NCC(COC(C)=O)OC(C)=O)c(I)c(N2C(=O)COCC2COC(C)=O)c1I)OC(C)=O. The lowest BCUT2D eigenvalue weighted by Crippen LogP contribution is -2.53. The first-order valence-electron chi connectivity index (χ1n) is 14.4. The highest BCUT2D eigenvalue weighted by Crippen LogP contribution is 2.39. The van der Waals surface area contributed by atoms with Crippen LogP contribution < -0.4 is 15.5 Å². The van der Waals surface area contributed by atoms with Crippen molar-refractivity contribution in [2.45, 2.75) is 52.9 Å². The molecule has 2 N–H and O–H groups in total. The van der Waals surface area contributed by atoms with Crippen molar-refractivity contribution >= 4 is 121 Å². The van der Waals surface area contributed by atoms with E-state index in [4.69, 9.17) is 28.4 Å². The van der Waals surface area contributed by atoms with E-state index in [1.807, 2.05) is 67.8 Å². The van der Waals surface area contributed by atoms with Gasteiger partial charge in [0.1, 0.15) is 26.4 Å². The molecule has 0 radical (unpaired) electrons. The van der Waals surface area contributed by atoms with Crippen LogP contribution in [-0.4, -0.2) is 112 Å². The van der Waals surface area contributed by atoms with E-state index in [1.54, 1.807) is 0 Å². The number of carbonyl (C=O) groups excluding carboxylic acids is 8. The Balaban J connectivity index is 2.65. The van der Waals surface area contributed by atoms with E-state index < -0.39 is 65.8 Å². The number of hydrogen-bond donors (Lipinski definition) is 2. The van der Waals surface area contributed by atoms with E-state index in [2.05, 4.69) is 10.6 Å². The molecule has 1 aromatic rings. The molecule has 20 heteroatoms. The topological polar surface area (TPSA) is 219 Å². The molecule has 270 valence electrons. The van der Waals surface area contributed by atoms with Gasteiger partial charge in [-0.1, -0.05) is 0 Å². The van der Waals surface area contributed by atoms with Gasteiger partial charge in [0.05, 0.1) is 49.7 Å². The number of rotatable bonds is 15. The molecule has 1 fully saturated rings. The maximum absolute atomic E-state index is 13.8. The molecule has 2 rings (SSSR count). The molecule has 0 aromatic heterocycles. The number of carbonyl (C=O) groups is 8. The lowest BCUT2D eigenvalue weighted by atomic mass is 10.0. The summed E-state index contributed by atoms with van der Waals surface area (Å²) < 4.78 is 31.5. The lowest BCUT2D eigenvalue weighted by Gasteiger charge is -2.37. The fraction of sp³-hybridized carbons (Fsp3) is 0.517. The van der Waals surface area contributed by atoms with Crippen LogP contribution in [0.25, 0.3) is 0 Å². The van der Waals surface area contributed by atoms with Crippen molar-refractivity contribution < 1.29 is 66.8 Å². The molecule has 0 saturated carbocycles. The second-order valence-electron chi connectivity index (χ2n) is 10.3. The van der Waals surface area contributed by atoms with Crippen molar-refractivity contribution in [3.8, 4) is 0 Å². The van der Waals surface area contributed by atoms with Crippen LogP contribution in [-0.2, 0) is 57.2 Å². The Morgan fingerprint density at radius 1 is 0.714 bits per heavy atom. The first-order valence-corrected chi connectivity index (χ1v) is 17.6. The third-order valence-electron chi connectivity index (χ3n) is 6.23. The van der Waals surface area contributed by atoms with Crippen LogP contribution in [0.4, 0.5) is 5.69 Å². The summed E-state index contributed by atoms with van der Waals surface area (Å²) in [6.45, 7) is 3.97. The number of benzene rings is 1. The molecule has 1 aromatic carbocycles. The molecule has 3 unspecified atom stereocenters. The van der Waals surface area contributed by atoms with Crippen LogP contribution in [0.15, 0.2) is 0 Å². The van der Waals surface area contributed by atoms with Gasteiger partial charge >= 0.3 is 29.8 Å². The summed E-state index contributed by atoms with van der Waals surface area (Å²) in [6.07, 6.45) is -2.09. The summed E-state index contributed by atoms with van der Waals surface area (Å²) >= 11 is 5.55. The van der Waals surface area contributed by atoms with E-state index in [0.717, 1.165) is 13.8 Å². The molecule has 1 aliphatic rings. The number of ether oxygens (including phenoxy) is 6. The van der Waals surface area contributed by atoms with Gasteiger partial charge in [0.2, 0.25) is 0 Å². The van der Waals surface area contributed by atoms with E-state index in [1.165, 1.54) is 25.7 Å². The van der Waals surface area contributed by atoms with E-state index in [0.29, 0.717) is 0 Å². The molecule has 1 heterocycles. The summed E-state index contributed by atoms with van der Waals surface area (Å²) in [5.41, 5.74) is 0.103. The number of hydrogen-bond acceptors (Lipinski definition) is 14. The average molecular weight is 1030 g/mol. The Morgan fingerprint density at radius 2 is 1.14 bits per heavy atom. The summed E-state index contributed by atoms with van der Waals surface area (Å²) in [5.74, 6) is -5.23. The van der Waals surface area contributed by atoms with E-state index in [9.17, 15) is 38.4 Å². The predicted molar refractivity (Wildman–Crippen MR) is 192 cm³/mol. The summed E-state index contributed by atoms with van der Waals surface area (Å²) in [5, 5.41) is 5.27. The Hall–Kier alpha value is -2.87. The Morgan fingerprint density at radius 3 is 1.53 bits per heavy atom. The van der Waals surface area contributed by atoms with Gasteiger partial charge in [-0.3, -0.25) is 43.3 Å². The highest BCUT2D eigenvalue weighted by molar-refractivity contribution is 14.1. The number of morpholine rings is 1. The minimum absolute atomic E-state index is 0.0271. The van der Waals surface area contributed by atoms with Gasteiger partial charge in [-0.05, 0) is 67.8 Å². The zero-order chi connectivity index (χ0) is 37.0. The molecule has 1 aliphatic heterocycles. The quantitative estimate of drug-likeness (QED) is 0.144. The van der Waals surface area contributed by atoms with Crippen LogP contribution in [0.1, 0.15) is 55.3 Å². The van der Waals surface area contributed by atoms with Crippen molar-refractivity contribution in [2.75, 3.05) is 51.0 Å². The van der Waals surface area contributed by atoms with Crippen LogP contribution in [0.3, 0.4) is 0 Å². The number of amides is 3. The van der Waals surface area contributed by atoms with Crippen molar-refractivity contribution in [3.05, 3.63) is 21.8 Å². The zero-order valence-electron chi connectivity index (χ0n) is 27.0. The lowest BCUT2D eigenvalue weighted by molar-refractivity contribution is -0.155. The van der Waals surface area contributed by atoms with Gasteiger partial charge in [0.25, 0.3) is 17.7 Å². The first-order chi connectivity index (χ1) is 22.9. The maximum Gasteiger partial charge on any atom is 0.303 e. The molecule has 1 saturated heterocycles. The van der Waals surface area contributed by atoms with Crippen LogP contribution in [0.2, 0.25) is 0 Å². The Labute approximate surface area is 321 Å². The summed E-state index contributed by atoms with van der Waals surface area (Å²) in [4.78, 5) is 100.0. The summed E-state index contributed by atoms with van der Waals surface area (Å²) in [7, 11) is 0. The van der Waals surface area contributed by atoms with Gasteiger partial charge in [-0.15, -0.1) is 0 Å². The minimum atomic E-state index is -1.05. The van der Waals surface area contributed by atoms with Crippen molar-refractivity contribution in [3.63, 3.8) is 0 Å². The van der Waals surface area contributed by atoms with Gasteiger partial charge < -0.3 is 39.1 Å². The second-order valence-corrected chi connectivity index (χ2v) is 13.5. The molecule has 0 aliphatic carbocycles. The highest BCUT2D eigenvalue weighted by Gasteiger charge is 2.38. The average Bonchev–Trinajstić information content (AvgIpc) is 2.99. The van der Waals surface area contributed by atoms with Crippen molar-refractivity contribution in [1.82, 2.24) is 10.6 Å². The summed E-state index contributed by atoms with van der Waals surface area (Å²) in [6, 6.07) is -0.826. The van der Waals surface area contributed by atoms with Gasteiger partial charge in [0.15, 0.2) is 12.2 Å². The molecule has 3 atom stereocenters. The molecule has 0 bridgehead atoms. The smallest absolute Gasteiger partial charge is 0.303 e. The highest BCUT2D eigenvalue weighted by atomic mass is 127. The largest absolute Gasteiger partial charge is 0.464 e. The predicted octanol–water partition coefficient (Wildman–Crippen LogP) is 1.24.